The van der Waals surface area contributed by atoms with Crippen molar-refractivity contribution in [2.45, 2.75) is 64.3 Å². The molecule has 0 aromatic heterocycles. The van der Waals surface area contributed by atoms with Crippen LogP contribution in [0, 0.1) is 11.8 Å². The van der Waals surface area contributed by atoms with Crippen LogP contribution in [0.4, 0.5) is 0 Å². The summed E-state index contributed by atoms with van der Waals surface area (Å²) in [7, 11) is 2.14. The zero-order chi connectivity index (χ0) is 12.8. The molecular formula is C16H32N2. The normalized spacial score (nSPS) is 34.7. The van der Waals surface area contributed by atoms with Crippen LogP contribution in [0.2, 0.25) is 0 Å². The minimum atomic E-state index is 0.791. The second-order valence-corrected chi connectivity index (χ2v) is 6.47. The third-order valence-corrected chi connectivity index (χ3v) is 5.16. The highest BCUT2D eigenvalue weighted by Gasteiger charge is 2.28. The number of likely N-dealkylation sites (tertiary alicyclic amines) is 1. The fourth-order valence-electron chi connectivity index (χ4n) is 4.07. The molecule has 1 saturated heterocycles. The molecule has 0 amide bonds. The van der Waals surface area contributed by atoms with Crippen molar-refractivity contribution in [3.63, 3.8) is 0 Å². The third kappa shape index (κ3) is 3.96. The molecule has 3 unspecified atom stereocenters. The maximum Gasteiger partial charge on any atom is 0.0104 e. The largest absolute Gasteiger partial charge is 0.317 e. The fourth-order valence-corrected chi connectivity index (χ4v) is 4.07. The molecule has 0 aromatic rings. The molecule has 1 aliphatic heterocycles. The van der Waals surface area contributed by atoms with Gasteiger partial charge in [0.2, 0.25) is 0 Å². The van der Waals surface area contributed by atoms with Crippen LogP contribution in [0.25, 0.3) is 0 Å². The summed E-state index contributed by atoms with van der Waals surface area (Å²) in [6.07, 6.45) is 11.5. The van der Waals surface area contributed by atoms with Crippen LogP contribution >= 0.6 is 0 Å². The van der Waals surface area contributed by atoms with Crippen LogP contribution in [0.1, 0.15) is 58.3 Å². The van der Waals surface area contributed by atoms with Gasteiger partial charge in [-0.2, -0.15) is 0 Å². The predicted octanol–water partition coefficient (Wildman–Crippen LogP) is 3.28. The van der Waals surface area contributed by atoms with Crippen LogP contribution < -0.4 is 5.32 Å². The number of hydrogen-bond donors (Lipinski definition) is 1. The summed E-state index contributed by atoms with van der Waals surface area (Å²) < 4.78 is 0. The van der Waals surface area contributed by atoms with E-state index in [1.54, 1.807) is 0 Å². The second-order valence-electron chi connectivity index (χ2n) is 6.47. The molecule has 2 rings (SSSR count). The van der Waals surface area contributed by atoms with Gasteiger partial charge in [-0.1, -0.05) is 26.2 Å². The maximum absolute atomic E-state index is 3.52. The van der Waals surface area contributed by atoms with Gasteiger partial charge in [-0.25, -0.2) is 0 Å². The summed E-state index contributed by atoms with van der Waals surface area (Å²) >= 11 is 0. The lowest BCUT2D eigenvalue weighted by atomic mass is 9.96. The van der Waals surface area contributed by atoms with E-state index in [0.29, 0.717) is 0 Å². The molecule has 1 aliphatic carbocycles. The highest BCUT2D eigenvalue weighted by Crippen LogP contribution is 2.28. The van der Waals surface area contributed by atoms with E-state index in [4.69, 9.17) is 0 Å². The Morgan fingerprint density at radius 1 is 1.06 bits per heavy atom. The lowest BCUT2D eigenvalue weighted by Gasteiger charge is -2.27. The summed E-state index contributed by atoms with van der Waals surface area (Å²) in [4.78, 5) is 2.76. The summed E-state index contributed by atoms with van der Waals surface area (Å²) in [5, 5.41) is 3.52. The van der Waals surface area contributed by atoms with E-state index in [-0.39, 0.29) is 0 Å². The molecule has 2 nitrogen and oxygen atoms in total. The lowest BCUT2D eigenvalue weighted by molar-refractivity contribution is 0.220. The molecule has 2 fully saturated rings. The second kappa shape index (κ2) is 7.49. The molecule has 106 valence electrons. The molecule has 2 heteroatoms. The van der Waals surface area contributed by atoms with Gasteiger partial charge in [-0.3, -0.25) is 0 Å². The van der Waals surface area contributed by atoms with Crippen molar-refractivity contribution in [1.29, 1.82) is 0 Å². The predicted molar refractivity (Wildman–Crippen MR) is 78.9 cm³/mol. The zero-order valence-corrected chi connectivity index (χ0v) is 12.5. The fraction of sp³-hybridized carbons (Fsp3) is 1.00. The smallest absolute Gasteiger partial charge is 0.0104 e. The Hall–Kier alpha value is -0.0800. The van der Waals surface area contributed by atoms with Crippen molar-refractivity contribution in [1.82, 2.24) is 10.2 Å². The standard InChI is InChI=1S/C16H32N2/c1-3-6-14-7-5-11-18(12-10-14)13-15-8-4-9-16(15)17-2/h14-17H,3-13H2,1-2H3. The van der Waals surface area contributed by atoms with Crippen LogP contribution in [-0.2, 0) is 0 Å². The molecule has 3 atom stereocenters. The first-order valence-corrected chi connectivity index (χ1v) is 8.23. The van der Waals surface area contributed by atoms with Crippen LogP contribution in [-0.4, -0.2) is 37.6 Å². The molecule has 0 bridgehead atoms. The number of hydrogen-bond acceptors (Lipinski definition) is 2. The quantitative estimate of drug-likeness (QED) is 0.808. The molecule has 18 heavy (non-hydrogen) atoms. The van der Waals surface area contributed by atoms with Gasteiger partial charge in [-0.15, -0.1) is 0 Å². The van der Waals surface area contributed by atoms with Crippen molar-refractivity contribution in [3.8, 4) is 0 Å². The van der Waals surface area contributed by atoms with E-state index in [2.05, 4.69) is 24.2 Å². The van der Waals surface area contributed by atoms with Crippen molar-refractivity contribution in [2.75, 3.05) is 26.7 Å². The summed E-state index contributed by atoms with van der Waals surface area (Å²) in [6, 6.07) is 0.791. The first-order valence-electron chi connectivity index (χ1n) is 8.23. The minimum Gasteiger partial charge on any atom is -0.317 e. The van der Waals surface area contributed by atoms with Gasteiger partial charge in [0.1, 0.15) is 0 Å². The number of nitrogens with one attached hydrogen (secondary N) is 1. The SMILES string of the molecule is CCCC1CCCN(CC2CCCC2NC)CC1. The van der Waals surface area contributed by atoms with Gasteiger partial charge < -0.3 is 10.2 Å². The van der Waals surface area contributed by atoms with E-state index < -0.39 is 0 Å². The number of nitrogens with zero attached hydrogens (tertiary/aromatic N) is 1. The van der Waals surface area contributed by atoms with Gasteiger partial charge in [0.05, 0.1) is 0 Å². The van der Waals surface area contributed by atoms with Crippen molar-refractivity contribution < 1.29 is 0 Å². The van der Waals surface area contributed by atoms with Crippen molar-refractivity contribution >= 4 is 0 Å². The van der Waals surface area contributed by atoms with E-state index in [1.165, 1.54) is 71.0 Å². The summed E-state index contributed by atoms with van der Waals surface area (Å²) in [5.41, 5.74) is 0. The van der Waals surface area contributed by atoms with Gasteiger partial charge in [-0.05, 0) is 64.1 Å². The summed E-state index contributed by atoms with van der Waals surface area (Å²) in [6.45, 7) is 6.40. The Morgan fingerprint density at radius 3 is 2.72 bits per heavy atom. The van der Waals surface area contributed by atoms with Gasteiger partial charge in [0, 0.05) is 12.6 Å². The highest BCUT2D eigenvalue weighted by atomic mass is 15.1. The molecule has 1 saturated carbocycles. The van der Waals surface area contributed by atoms with Crippen molar-refractivity contribution in [3.05, 3.63) is 0 Å². The monoisotopic (exact) mass is 252 g/mol. The van der Waals surface area contributed by atoms with Crippen molar-refractivity contribution in [2.24, 2.45) is 11.8 Å². The first-order chi connectivity index (χ1) is 8.83. The highest BCUT2D eigenvalue weighted by molar-refractivity contribution is 4.85. The molecule has 0 aromatic carbocycles. The Kier molecular flexibility index (Phi) is 5.97. The Balaban J connectivity index is 1.76. The van der Waals surface area contributed by atoms with E-state index in [0.717, 1.165) is 17.9 Å². The van der Waals surface area contributed by atoms with Gasteiger partial charge >= 0.3 is 0 Å². The lowest BCUT2D eigenvalue weighted by Crippen LogP contribution is -2.38. The molecule has 0 spiro atoms. The Morgan fingerprint density at radius 2 is 1.94 bits per heavy atom. The molecule has 1 N–H and O–H groups in total. The topological polar surface area (TPSA) is 15.3 Å². The van der Waals surface area contributed by atoms with Gasteiger partial charge in [0.25, 0.3) is 0 Å². The average molecular weight is 252 g/mol. The van der Waals surface area contributed by atoms with Crippen LogP contribution in [0.3, 0.4) is 0 Å². The van der Waals surface area contributed by atoms with Gasteiger partial charge in [0.15, 0.2) is 0 Å². The molecule has 0 radical (unpaired) electrons. The average Bonchev–Trinajstić information content (AvgIpc) is 2.71. The van der Waals surface area contributed by atoms with E-state index >= 15 is 0 Å². The maximum atomic E-state index is 3.52. The van der Waals surface area contributed by atoms with Crippen LogP contribution in [0.15, 0.2) is 0 Å². The zero-order valence-electron chi connectivity index (χ0n) is 12.5. The molecule has 1 heterocycles. The minimum absolute atomic E-state index is 0.791. The summed E-state index contributed by atoms with van der Waals surface area (Å²) in [5.74, 6) is 1.93. The Labute approximate surface area is 114 Å². The van der Waals surface area contributed by atoms with E-state index in [9.17, 15) is 0 Å². The van der Waals surface area contributed by atoms with E-state index in [1.807, 2.05) is 0 Å². The Bertz CT molecular complexity index is 229. The molecular weight excluding hydrogens is 220 g/mol. The molecule has 2 aliphatic rings. The van der Waals surface area contributed by atoms with Crippen LogP contribution in [0.5, 0.6) is 0 Å². The first kappa shape index (κ1) is 14.3. The third-order valence-electron chi connectivity index (χ3n) is 5.16. The number of rotatable bonds is 5.